The third kappa shape index (κ3) is 3.44. The van der Waals surface area contributed by atoms with Gasteiger partial charge in [-0.1, -0.05) is 24.3 Å². The van der Waals surface area contributed by atoms with Gasteiger partial charge in [0.15, 0.2) is 0 Å². The zero-order valence-corrected chi connectivity index (χ0v) is 12.8. The average Bonchev–Trinajstić information content (AvgIpc) is 2.82. The fraction of sp³-hybridized carbons (Fsp3) is 0.588. The van der Waals surface area contributed by atoms with Crippen molar-refractivity contribution >= 4 is 5.91 Å². The standard InChI is InChI=1S/C17H24N2O2/c1-12-5-3-4-6-14(12)7-17(20)18-15-8-16-11-21-13(2)9-19(16)10-15/h3-6,13,15-16H,7-11H2,1-2H3,(H,18,20)/t13-,15+,16-/m0/s1. The first-order valence-electron chi connectivity index (χ1n) is 7.81. The fourth-order valence-electron chi connectivity index (χ4n) is 3.40. The average molecular weight is 288 g/mol. The molecule has 4 nitrogen and oxygen atoms in total. The quantitative estimate of drug-likeness (QED) is 0.917. The lowest BCUT2D eigenvalue weighted by Gasteiger charge is -2.33. The van der Waals surface area contributed by atoms with Crippen molar-refractivity contribution in [2.24, 2.45) is 0 Å². The Labute approximate surface area is 126 Å². The first kappa shape index (κ1) is 14.5. The van der Waals surface area contributed by atoms with E-state index in [-0.39, 0.29) is 11.9 Å². The number of hydrogen-bond acceptors (Lipinski definition) is 3. The summed E-state index contributed by atoms with van der Waals surface area (Å²) >= 11 is 0. The molecule has 0 bridgehead atoms. The molecule has 0 radical (unpaired) electrons. The summed E-state index contributed by atoms with van der Waals surface area (Å²) in [5.74, 6) is 0.128. The van der Waals surface area contributed by atoms with Crippen LogP contribution < -0.4 is 5.32 Å². The lowest BCUT2D eigenvalue weighted by molar-refractivity contribution is -0.121. The highest BCUT2D eigenvalue weighted by atomic mass is 16.5. The van der Waals surface area contributed by atoms with Gasteiger partial charge in [-0.3, -0.25) is 9.69 Å². The Morgan fingerprint density at radius 3 is 3.00 bits per heavy atom. The summed E-state index contributed by atoms with van der Waals surface area (Å²) in [5.41, 5.74) is 2.29. The van der Waals surface area contributed by atoms with E-state index < -0.39 is 0 Å². The van der Waals surface area contributed by atoms with Crippen molar-refractivity contribution < 1.29 is 9.53 Å². The Morgan fingerprint density at radius 1 is 1.38 bits per heavy atom. The van der Waals surface area contributed by atoms with Gasteiger partial charge in [0.05, 0.1) is 19.1 Å². The van der Waals surface area contributed by atoms with Gasteiger partial charge in [0.2, 0.25) is 5.91 Å². The minimum absolute atomic E-state index is 0.128. The molecule has 2 aliphatic heterocycles. The van der Waals surface area contributed by atoms with Gasteiger partial charge in [0.1, 0.15) is 0 Å². The lowest BCUT2D eigenvalue weighted by Crippen LogP contribution is -2.45. The molecule has 1 aromatic carbocycles. The van der Waals surface area contributed by atoms with Crippen LogP contribution in [0.3, 0.4) is 0 Å². The summed E-state index contributed by atoms with van der Waals surface area (Å²) in [4.78, 5) is 14.7. The fourth-order valence-corrected chi connectivity index (χ4v) is 3.40. The molecule has 1 aromatic rings. The van der Waals surface area contributed by atoms with E-state index in [9.17, 15) is 4.79 Å². The predicted octanol–water partition coefficient (Wildman–Crippen LogP) is 1.52. The summed E-state index contributed by atoms with van der Waals surface area (Å²) in [6.45, 7) is 6.90. The molecule has 1 amide bonds. The molecule has 0 aliphatic carbocycles. The zero-order chi connectivity index (χ0) is 14.8. The molecule has 114 valence electrons. The van der Waals surface area contributed by atoms with Gasteiger partial charge in [0.25, 0.3) is 0 Å². The van der Waals surface area contributed by atoms with Crippen LogP contribution >= 0.6 is 0 Å². The summed E-state index contributed by atoms with van der Waals surface area (Å²) in [7, 11) is 0. The number of carbonyl (C=O) groups excluding carboxylic acids is 1. The number of nitrogens with zero attached hydrogens (tertiary/aromatic N) is 1. The molecular formula is C17H24N2O2. The number of carbonyl (C=O) groups is 1. The maximum atomic E-state index is 12.2. The number of nitrogens with one attached hydrogen (secondary N) is 1. The van der Waals surface area contributed by atoms with Crippen molar-refractivity contribution in [1.82, 2.24) is 10.2 Å². The second-order valence-electron chi connectivity index (χ2n) is 6.36. The molecule has 2 heterocycles. The van der Waals surface area contributed by atoms with Crippen molar-refractivity contribution in [3.63, 3.8) is 0 Å². The number of ether oxygens (including phenoxy) is 1. The maximum Gasteiger partial charge on any atom is 0.224 e. The van der Waals surface area contributed by atoms with E-state index in [1.165, 1.54) is 5.56 Å². The van der Waals surface area contributed by atoms with E-state index in [0.29, 0.717) is 18.6 Å². The van der Waals surface area contributed by atoms with Crippen LogP contribution in [-0.2, 0) is 16.0 Å². The Balaban J connectivity index is 1.53. The van der Waals surface area contributed by atoms with Crippen LogP contribution in [0.1, 0.15) is 24.5 Å². The number of fused-ring (bicyclic) bond motifs is 1. The summed E-state index contributed by atoms with van der Waals surface area (Å²) < 4.78 is 5.70. The van der Waals surface area contributed by atoms with E-state index in [4.69, 9.17) is 4.74 Å². The van der Waals surface area contributed by atoms with Crippen LogP contribution in [0.25, 0.3) is 0 Å². The molecule has 2 fully saturated rings. The van der Waals surface area contributed by atoms with E-state index in [2.05, 4.69) is 30.1 Å². The van der Waals surface area contributed by atoms with Crippen LogP contribution in [0.2, 0.25) is 0 Å². The largest absolute Gasteiger partial charge is 0.376 e. The predicted molar refractivity (Wildman–Crippen MR) is 82.2 cm³/mol. The van der Waals surface area contributed by atoms with Crippen LogP contribution in [-0.4, -0.2) is 48.7 Å². The molecule has 0 aromatic heterocycles. The topological polar surface area (TPSA) is 41.6 Å². The summed E-state index contributed by atoms with van der Waals surface area (Å²) in [6, 6.07) is 8.82. The Hall–Kier alpha value is -1.39. The Morgan fingerprint density at radius 2 is 2.19 bits per heavy atom. The van der Waals surface area contributed by atoms with Crippen molar-refractivity contribution in [2.75, 3.05) is 19.7 Å². The molecule has 0 saturated carbocycles. The second-order valence-corrected chi connectivity index (χ2v) is 6.36. The monoisotopic (exact) mass is 288 g/mol. The molecule has 4 heteroatoms. The van der Waals surface area contributed by atoms with Crippen LogP contribution in [0.4, 0.5) is 0 Å². The number of aryl methyl sites for hydroxylation is 1. The smallest absolute Gasteiger partial charge is 0.224 e. The Bertz CT molecular complexity index is 517. The van der Waals surface area contributed by atoms with Gasteiger partial charge >= 0.3 is 0 Å². The van der Waals surface area contributed by atoms with Crippen molar-refractivity contribution in [1.29, 1.82) is 0 Å². The number of morpholine rings is 1. The minimum Gasteiger partial charge on any atom is -0.376 e. The zero-order valence-electron chi connectivity index (χ0n) is 12.8. The molecule has 0 unspecified atom stereocenters. The summed E-state index contributed by atoms with van der Waals surface area (Å²) in [6.07, 6.45) is 1.79. The van der Waals surface area contributed by atoms with Gasteiger partial charge in [-0.05, 0) is 31.4 Å². The normalized spacial score (nSPS) is 29.1. The van der Waals surface area contributed by atoms with Gasteiger partial charge in [-0.15, -0.1) is 0 Å². The molecule has 3 atom stereocenters. The third-order valence-electron chi connectivity index (χ3n) is 4.57. The van der Waals surface area contributed by atoms with E-state index in [1.54, 1.807) is 0 Å². The van der Waals surface area contributed by atoms with E-state index in [0.717, 1.165) is 31.7 Å². The van der Waals surface area contributed by atoms with Gasteiger partial charge in [-0.2, -0.15) is 0 Å². The van der Waals surface area contributed by atoms with Gasteiger partial charge < -0.3 is 10.1 Å². The first-order chi connectivity index (χ1) is 10.1. The second kappa shape index (κ2) is 6.16. The molecule has 1 N–H and O–H groups in total. The Kier molecular flexibility index (Phi) is 4.27. The van der Waals surface area contributed by atoms with Crippen molar-refractivity contribution in [2.45, 2.75) is 44.9 Å². The van der Waals surface area contributed by atoms with E-state index >= 15 is 0 Å². The summed E-state index contributed by atoms with van der Waals surface area (Å²) in [5, 5.41) is 3.19. The third-order valence-corrected chi connectivity index (χ3v) is 4.57. The van der Waals surface area contributed by atoms with Crippen LogP contribution in [0.15, 0.2) is 24.3 Å². The molecule has 3 rings (SSSR count). The van der Waals surface area contributed by atoms with Crippen molar-refractivity contribution in [3.05, 3.63) is 35.4 Å². The maximum absolute atomic E-state index is 12.2. The number of amides is 1. The SMILES string of the molecule is Cc1ccccc1CC(=O)N[C@@H]1C[C@H]2CO[C@@H](C)CN2C1. The van der Waals surface area contributed by atoms with Gasteiger partial charge in [-0.25, -0.2) is 0 Å². The van der Waals surface area contributed by atoms with Crippen LogP contribution in [0, 0.1) is 6.92 Å². The van der Waals surface area contributed by atoms with E-state index in [1.807, 2.05) is 18.2 Å². The molecule has 0 spiro atoms. The molecular weight excluding hydrogens is 264 g/mol. The molecule has 2 saturated heterocycles. The van der Waals surface area contributed by atoms with Crippen LogP contribution in [0.5, 0.6) is 0 Å². The number of hydrogen-bond donors (Lipinski definition) is 1. The first-order valence-corrected chi connectivity index (χ1v) is 7.81. The molecule has 2 aliphatic rings. The minimum atomic E-state index is 0.128. The highest BCUT2D eigenvalue weighted by Crippen LogP contribution is 2.23. The molecule has 21 heavy (non-hydrogen) atoms. The van der Waals surface area contributed by atoms with Gasteiger partial charge in [0, 0.05) is 25.2 Å². The van der Waals surface area contributed by atoms with Crippen molar-refractivity contribution in [3.8, 4) is 0 Å². The highest BCUT2D eigenvalue weighted by molar-refractivity contribution is 5.79. The number of rotatable bonds is 3. The highest BCUT2D eigenvalue weighted by Gasteiger charge is 2.36. The lowest BCUT2D eigenvalue weighted by atomic mass is 10.1. The number of benzene rings is 1.